The number of pyridine rings is 1. The molecule has 2 fully saturated rings. The zero-order valence-corrected chi connectivity index (χ0v) is 19.9. The van der Waals surface area contributed by atoms with Gasteiger partial charge < -0.3 is 10.1 Å². The summed E-state index contributed by atoms with van der Waals surface area (Å²) in [5.41, 5.74) is -0.899. The Morgan fingerprint density at radius 1 is 1.20 bits per heavy atom. The second-order valence-corrected chi connectivity index (χ2v) is 11.3. The molecule has 0 bridgehead atoms. The number of nitrogens with zero attached hydrogens (tertiary/aromatic N) is 2. The Morgan fingerprint density at radius 2 is 1.89 bits per heavy atom. The molecule has 0 spiro atoms. The van der Waals surface area contributed by atoms with E-state index in [1.54, 1.807) is 19.1 Å². The minimum absolute atomic E-state index is 0.126. The number of methoxy groups -OCH3 is 1. The van der Waals surface area contributed by atoms with Gasteiger partial charge in [0, 0.05) is 19.0 Å². The standard InChI is InChI=1S/C24H24F3N3O4S/c1-14-9-16(5-8-29-14)15-3-4-21(19(10-15)24(25,26)27)35(32,33)17-11-18(20(12-17)34-2)22(31)30-23(13-28)6-7-23/h3-5,8-10,17-18,20H,6-7,11-12H2,1-2H3,(H,30,31)/t17-,18-,20-/m0/s1. The van der Waals surface area contributed by atoms with Crippen LogP contribution in [0.1, 0.15) is 36.9 Å². The molecule has 2 aromatic rings. The van der Waals surface area contributed by atoms with Crippen molar-refractivity contribution in [3.05, 3.63) is 47.8 Å². The molecule has 0 unspecified atom stereocenters. The highest BCUT2D eigenvalue weighted by atomic mass is 32.2. The van der Waals surface area contributed by atoms with Crippen LogP contribution in [-0.4, -0.2) is 43.3 Å². The third-order valence-corrected chi connectivity index (χ3v) is 8.92. The number of aromatic nitrogens is 1. The van der Waals surface area contributed by atoms with Crippen LogP contribution in [0.5, 0.6) is 0 Å². The SMILES string of the molecule is CO[C@H]1C[C@@H](S(=O)(=O)c2ccc(-c3ccnc(C)c3)cc2C(F)(F)F)C[C@@H]1C(=O)NC1(C#N)CC1. The lowest BCUT2D eigenvalue weighted by atomic mass is 10.0. The van der Waals surface area contributed by atoms with Gasteiger partial charge in [0.05, 0.1) is 33.8 Å². The Morgan fingerprint density at radius 3 is 2.46 bits per heavy atom. The minimum atomic E-state index is -4.92. The van der Waals surface area contributed by atoms with E-state index < -0.39 is 55.2 Å². The number of sulfone groups is 1. The molecule has 1 aromatic carbocycles. The first kappa shape index (κ1) is 25.1. The van der Waals surface area contributed by atoms with Crippen LogP contribution in [-0.2, 0) is 25.5 Å². The molecule has 7 nitrogen and oxygen atoms in total. The molecule has 35 heavy (non-hydrogen) atoms. The quantitative estimate of drug-likeness (QED) is 0.637. The largest absolute Gasteiger partial charge is 0.417 e. The van der Waals surface area contributed by atoms with Crippen LogP contribution >= 0.6 is 0 Å². The number of hydrogen-bond acceptors (Lipinski definition) is 6. The molecule has 2 aliphatic rings. The molecule has 4 rings (SSSR count). The van der Waals surface area contributed by atoms with Gasteiger partial charge in [-0.2, -0.15) is 18.4 Å². The fourth-order valence-corrected chi connectivity index (χ4v) is 6.55. The predicted octanol–water partition coefficient (Wildman–Crippen LogP) is 3.82. The fourth-order valence-electron chi connectivity index (χ4n) is 4.55. The summed E-state index contributed by atoms with van der Waals surface area (Å²) in [6.45, 7) is 1.70. The van der Waals surface area contributed by atoms with E-state index in [2.05, 4.69) is 10.3 Å². The number of nitrogens with one attached hydrogen (secondary N) is 1. The van der Waals surface area contributed by atoms with E-state index >= 15 is 0 Å². The number of carbonyl (C=O) groups excluding carboxylic acids is 1. The number of ether oxygens (including phenoxy) is 1. The van der Waals surface area contributed by atoms with E-state index in [-0.39, 0.29) is 18.4 Å². The summed E-state index contributed by atoms with van der Waals surface area (Å²) in [4.78, 5) is 16.0. The second-order valence-electron chi connectivity index (χ2n) is 9.10. The molecule has 1 aromatic heterocycles. The molecule has 1 heterocycles. The smallest absolute Gasteiger partial charge is 0.381 e. The van der Waals surface area contributed by atoms with Crippen LogP contribution < -0.4 is 5.32 Å². The highest BCUT2D eigenvalue weighted by Crippen LogP contribution is 2.43. The first-order chi connectivity index (χ1) is 16.4. The summed E-state index contributed by atoms with van der Waals surface area (Å²) < 4.78 is 74.3. The van der Waals surface area contributed by atoms with Crippen molar-refractivity contribution in [2.75, 3.05) is 7.11 Å². The van der Waals surface area contributed by atoms with Crippen LogP contribution in [0.25, 0.3) is 11.1 Å². The van der Waals surface area contributed by atoms with Gasteiger partial charge in [-0.3, -0.25) is 9.78 Å². The first-order valence-electron chi connectivity index (χ1n) is 11.0. The number of halogens is 3. The molecule has 2 saturated carbocycles. The van der Waals surface area contributed by atoms with Crippen molar-refractivity contribution < 1.29 is 31.1 Å². The third-order valence-electron chi connectivity index (χ3n) is 6.69. The van der Waals surface area contributed by atoms with E-state index in [0.29, 0.717) is 24.1 Å². The lowest BCUT2D eigenvalue weighted by Crippen LogP contribution is -2.42. The molecule has 1 N–H and O–H groups in total. The Hall–Kier alpha value is -2.97. The lowest BCUT2D eigenvalue weighted by Gasteiger charge is -2.19. The molecule has 0 saturated heterocycles. The van der Waals surface area contributed by atoms with Crippen molar-refractivity contribution in [2.24, 2.45) is 5.92 Å². The lowest BCUT2D eigenvalue weighted by molar-refractivity contribution is -0.139. The van der Waals surface area contributed by atoms with Crippen molar-refractivity contribution in [3.63, 3.8) is 0 Å². The van der Waals surface area contributed by atoms with Crippen LogP contribution in [0.4, 0.5) is 13.2 Å². The van der Waals surface area contributed by atoms with Gasteiger partial charge in [-0.15, -0.1) is 0 Å². The topological polar surface area (TPSA) is 109 Å². The summed E-state index contributed by atoms with van der Waals surface area (Å²) in [6, 6.07) is 8.35. The van der Waals surface area contributed by atoms with Gasteiger partial charge in [-0.1, -0.05) is 6.07 Å². The number of nitriles is 1. The maximum absolute atomic E-state index is 14.0. The van der Waals surface area contributed by atoms with Crippen LogP contribution in [0.2, 0.25) is 0 Å². The van der Waals surface area contributed by atoms with Gasteiger partial charge in [0.25, 0.3) is 0 Å². The number of alkyl halides is 3. The zero-order chi connectivity index (χ0) is 25.6. The second kappa shape index (κ2) is 8.91. The number of hydrogen-bond donors (Lipinski definition) is 1. The van der Waals surface area contributed by atoms with Gasteiger partial charge in [0.2, 0.25) is 5.91 Å². The Balaban J connectivity index is 1.67. The molecule has 0 aliphatic heterocycles. The van der Waals surface area contributed by atoms with Gasteiger partial charge in [0.1, 0.15) is 5.54 Å². The molecule has 2 aliphatic carbocycles. The van der Waals surface area contributed by atoms with E-state index in [9.17, 15) is 31.6 Å². The average molecular weight is 508 g/mol. The average Bonchev–Trinajstić information content (AvgIpc) is 3.43. The Kier molecular flexibility index (Phi) is 6.40. The molecule has 1 amide bonds. The highest BCUT2D eigenvalue weighted by molar-refractivity contribution is 7.92. The van der Waals surface area contributed by atoms with E-state index in [4.69, 9.17) is 4.74 Å². The summed E-state index contributed by atoms with van der Waals surface area (Å²) in [5, 5.41) is 10.6. The molecular weight excluding hydrogens is 483 g/mol. The zero-order valence-electron chi connectivity index (χ0n) is 19.1. The molecule has 0 radical (unpaired) electrons. The van der Waals surface area contributed by atoms with Crippen molar-refractivity contribution >= 4 is 15.7 Å². The van der Waals surface area contributed by atoms with Crippen LogP contribution in [0.3, 0.4) is 0 Å². The van der Waals surface area contributed by atoms with Gasteiger partial charge >= 0.3 is 6.18 Å². The fraction of sp³-hybridized carbons (Fsp3) is 0.458. The number of aryl methyl sites for hydroxylation is 1. The summed E-state index contributed by atoms with van der Waals surface area (Å²) in [6.07, 6.45) is -3.57. The van der Waals surface area contributed by atoms with Crippen molar-refractivity contribution in [1.29, 1.82) is 5.26 Å². The summed E-state index contributed by atoms with van der Waals surface area (Å²) in [5.74, 6) is -1.41. The van der Waals surface area contributed by atoms with Crippen molar-refractivity contribution in [3.8, 4) is 17.2 Å². The normalized spacial score (nSPS) is 23.5. The molecular formula is C24H24F3N3O4S. The predicted molar refractivity (Wildman–Crippen MR) is 120 cm³/mol. The van der Waals surface area contributed by atoms with Crippen molar-refractivity contribution in [2.45, 2.75) is 60.6 Å². The molecule has 11 heteroatoms. The maximum Gasteiger partial charge on any atom is 0.417 e. The van der Waals surface area contributed by atoms with Gasteiger partial charge in [-0.05, 0) is 68.0 Å². The number of amides is 1. The summed E-state index contributed by atoms with van der Waals surface area (Å²) in [7, 11) is -3.14. The molecule has 3 atom stereocenters. The van der Waals surface area contributed by atoms with Gasteiger partial charge in [0.15, 0.2) is 9.84 Å². The van der Waals surface area contributed by atoms with Crippen LogP contribution in [0.15, 0.2) is 41.4 Å². The maximum atomic E-state index is 14.0. The summed E-state index contributed by atoms with van der Waals surface area (Å²) >= 11 is 0. The van der Waals surface area contributed by atoms with Gasteiger partial charge in [-0.25, -0.2) is 8.42 Å². The number of benzene rings is 1. The number of rotatable bonds is 6. The first-order valence-corrected chi connectivity index (χ1v) is 12.6. The van der Waals surface area contributed by atoms with Crippen LogP contribution in [0, 0.1) is 24.2 Å². The highest BCUT2D eigenvalue weighted by Gasteiger charge is 2.51. The van der Waals surface area contributed by atoms with Crippen molar-refractivity contribution in [1.82, 2.24) is 10.3 Å². The minimum Gasteiger partial charge on any atom is -0.381 e. The molecule has 186 valence electrons. The Bertz CT molecular complexity index is 1300. The van der Waals surface area contributed by atoms with E-state index in [0.717, 1.165) is 12.1 Å². The number of carbonyl (C=O) groups is 1. The van der Waals surface area contributed by atoms with E-state index in [1.165, 1.54) is 19.4 Å². The third kappa shape index (κ3) is 4.90. The van der Waals surface area contributed by atoms with E-state index in [1.807, 2.05) is 6.07 Å². The Labute approximate surface area is 201 Å². The monoisotopic (exact) mass is 507 g/mol.